The van der Waals surface area contributed by atoms with Gasteiger partial charge in [-0.1, -0.05) is 12.1 Å². The molecule has 0 radical (unpaired) electrons. The summed E-state index contributed by atoms with van der Waals surface area (Å²) in [6.07, 6.45) is 2.70. The lowest BCUT2D eigenvalue weighted by molar-refractivity contribution is 0.0302. The minimum absolute atomic E-state index is 0.0954. The first-order valence-electron chi connectivity index (χ1n) is 8.88. The van der Waals surface area contributed by atoms with E-state index >= 15 is 0 Å². The summed E-state index contributed by atoms with van der Waals surface area (Å²) in [5.41, 5.74) is 0.240. The van der Waals surface area contributed by atoms with E-state index in [1.54, 1.807) is 29.2 Å². The predicted molar refractivity (Wildman–Crippen MR) is 93.6 cm³/mol. The van der Waals surface area contributed by atoms with Gasteiger partial charge in [0, 0.05) is 38.3 Å². The normalized spacial score (nSPS) is 24.8. The van der Waals surface area contributed by atoms with Crippen LogP contribution >= 0.6 is 0 Å². The SMILES string of the molecule is O=C(c1cc(=O)c2ccccc2o1)N1CCN([C@H]2CCC[C@H]2O)CC1. The number of hydrogen-bond acceptors (Lipinski definition) is 5. The van der Waals surface area contributed by atoms with Crippen molar-refractivity contribution in [2.75, 3.05) is 26.2 Å². The van der Waals surface area contributed by atoms with Gasteiger partial charge in [0.15, 0.2) is 11.2 Å². The number of aliphatic hydroxyl groups is 1. The number of carbonyl (C=O) groups is 1. The first-order chi connectivity index (χ1) is 12.1. The fourth-order valence-electron chi connectivity index (χ4n) is 3.97. The highest BCUT2D eigenvalue weighted by molar-refractivity contribution is 5.93. The molecule has 4 rings (SSSR count). The number of aliphatic hydroxyl groups excluding tert-OH is 1. The zero-order chi connectivity index (χ0) is 17.4. The molecule has 2 atom stereocenters. The number of nitrogens with zero attached hydrogens (tertiary/aromatic N) is 2. The Labute approximate surface area is 145 Å². The van der Waals surface area contributed by atoms with Gasteiger partial charge in [-0.2, -0.15) is 0 Å². The monoisotopic (exact) mass is 342 g/mol. The summed E-state index contributed by atoms with van der Waals surface area (Å²) < 4.78 is 5.66. The van der Waals surface area contributed by atoms with Crippen LogP contribution in [0, 0.1) is 0 Å². The van der Waals surface area contributed by atoms with Gasteiger partial charge in [0.2, 0.25) is 0 Å². The van der Waals surface area contributed by atoms with Crippen molar-refractivity contribution in [3.05, 3.63) is 46.3 Å². The van der Waals surface area contributed by atoms with Crippen LogP contribution in [-0.4, -0.2) is 59.1 Å². The minimum Gasteiger partial charge on any atom is -0.451 e. The Morgan fingerprint density at radius 1 is 1.12 bits per heavy atom. The molecule has 2 aromatic rings. The average Bonchev–Trinajstić information content (AvgIpc) is 3.07. The first-order valence-corrected chi connectivity index (χ1v) is 8.88. The second-order valence-electron chi connectivity index (χ2n) is 6.86. The van der Waals surface area contributed by atoms with Gasteiger partial charge < -0.3 is 14.4 Å². The molecule has 1 aromatic heterocycles. The lowest BCUT2D eigenvalue weighted by atomic mass is 10.1. The molecule has 1 N–H and O–H groups in total. The quantitative estimate of drug-likeness (QED) is 0.894. The van der Waals surface area contributed by atoms with Crippen molar-refractivity contribution in [2.24, 2.45) is 0 Å². The van der Waals surface area contributed by atoms with Crippen molar-refractivity contribution in [3.8, 4) is 0 Å². The first kappa shape index (κ1) is 16.3. The number of para-hydroxylation sites is 1. The second kappa shape index (κ2) is 6.61. The van der Waals surface area contributed by atoms with Gasteiger partial charge in [0.25, 0.3) is 5.91 Å². The Kier molecular flexibility index (Phi) is 4.31. The van der Waals surface area contributed by atoms with Crippen molar-refractivity contribution in [3.63, 3.8) is 0 Å². The third-order valence-electron chi connectivity index (χ3n) is 5.36. The molecule has 2 heterocycles. The smallest absolute Gasteiger partial charge is 0.289 e. The van der Waals surface area contributed by atoms with Gasteiger partial charge in [0.1, 0.15) is 5.58 Å². The minimum atomic E-state index is -0.249. The summed E-state index contributed by atoms with van der Waals surface area (Å²) in [6, 6.07) is 8.46. The van der Waals surface area contributed by atoms with E-state index in [0.29, 0.717) is 24.1 Å². The van der Waals surface area contributed by atoms with Crippen LogP contribution in [0.25, 0.3) is 11.0 Å². The van der Waals surface area contributed by atoms with Crippen molar-refractivity contribution in [1.82, 2.24) is 9.80 Å². The molecule has 2 fully saturated rings. The molecule has 1 amide bonds. The van der Waals surface area contributed by atoms with E-state index in [0.717, 1.165) is 32.4 Å². The van der Waals surface area contributed by atoms with E-state index in [1.165, 1.54) is 6.07 Å². The molecular weight excluding hydrogens is 320 g/mol. The number of hydrogen-bond donors (Lipinski definition) is 1. The zero-order valence-corrected chi connectivity index (χ0v) is 14.1. The Morgan fingerprint density at radius 2 is 1.88 bits per heavy atom. The Bertz CT molecular complexity index is 839. The molecule has 1 aliphatic carbocycles. The van der Waals surface area contributed by atoms with E-state index < -0.39 is 0 Å². The lowest BCUT2D eigenvalue weighted by Crippen LogP contribution is -2.53. The van der Waals surface area contributed by atoms with E-state index in [4.69, 9.17) is 4.42 Å². The van der Waals surface area contributed by atoms with Crippen molar-refractivity contribution < 1.29 is 14.3 Å². The largest absolute Gasteiger partial charge is 0.451 e. The van der Waals surface area contributed by atoms with Crippen LogP contribution in [0.2, 0.25) is 0 Å². The maximum atomic E-state index is 12.7. The van der Waals surface area contributed by atoms with Crippen molar-refractivity contribution in [2.45, 2.75) is 31.4 Å². The third-order valence-corrected chi connectivity index (χ3v) is 5.36. The van der Waals surface area contributed by atoms with E-state index in [9.17, 15) is 14.7 Å². The Hall–Kier alpha value is -2.18. The standard InChI is InChI=1S/C19H22N2O4/c22-15-6-3-5-14(15)20-8-10-21(11-9-20)19(24)18-12-16(23)13-4-1-2-7-17(13)25-18/h1-2,4,7,12,14-15,22H,3,5-6,8-11H2/t14-,15+/m0/s1. The van der Waals surface area contributed by atoms with Crippen molar-refractivity contribution >= 4 is 16.9 Å². The van der Waals surface area contributed by atoms with Gasteiger partial charge in [0.05, 0.1) is 11.5 Å². The summed E-state index contributed by atoms with van der Waals surface area (Å²) in [7, 11) is 0. The average molecular weight is 342 g/mol. The predicted octanol–water partition coefficient (Wildman–Crippen LogP) is 1.46. The molecule has 1 aliphatic heterocycles. The topological polar surface area (TPSA) is 74.0 Å². The lowest BCUT2D eigenvalue weighted by Gasteiger charge is -2.38. The van der Waals surface area contributed by atoms with Crippen LogP contribution in [0.15, 0.2) is 39.5 Å². The molecule has 0 spiro atoms. The van der Waals surface area contributed by atoms with Crippen molar-refractivity contribution in [1.29, 1.82) is 0 Å². The van der Waals surface area contributed by atoms with Crippen LogP contribution in [0.5, 0.6) is 0 Å². The van der Waals surface area contributed by atoms with E-state index in [-0.39, 0.29) is 29.2 Å². The molecule has 25 heavy (non-hydrogen) atoms. The molecule has 132 valence electrons. The summed E-state index contributed by atoms with van der Waals surface area (Å²) in [6.45, 7) is 2.65. The summed E-state index contributed by atoms with van der Waals surface area (Å²) >= 11 is 0. The number of piperazine rings is 1. The molecule has 1 saturated carbocycles. The fraction of sp³-hybridized carbons (Fsp3) is 0.474. The van der Waals surface area contributed by atoms with E-state index in [1.807, 2.05) is 0 Å². The van der Waals surface area contributed by atoms with Crippen LogP contribution < -0.4 is 5.43 Å². The van der Waals surface area contributed by atoms with Gasteiger partial charge in [-0.25, -0.2) is 0 Å². The number of carbonyl (C=O) groups excluding carboxylic acids is 1. The second-order valence-corrected chi connectivity index (χ2v) is 6.86. The van der Waals surface area contributed by atoms with Crippen LogP contribution in [0.1, 0.15) is 29.8 Å². The van der Waals surface area contributed by atoms with Crippen LogP contribution in [0.3, 0.4) is 0 Å². The number of fused-ring (bicyclic) bond motifs is 1. The molecule has 0 bridgehead atoms. The summed E-state index contributed by atoms with van der Waals surface area (Å²) in [4.78, 5) is 28.9. The fourth-order valence-corrected chi connectivity index (χ4v) is 3.97. The number of benzene rings is 1. The van der Waals surface area contributed by atoms with Gasteiger partial charge >= 0.3 is 0 Å². The van der Waals surface area contributed by atoms with Gasteiger partial charge in [-0.15, -0.1) is 0 Å². The molecular formula is C19H22N2O4. The highest BCUT2D eigenvalue weighted by Gasteiger charge is 2.33. The van der Waals surface area contributed by atoms with Gasteiger partial charge in [-0.05, 0) is 31.4 Å². The Balaban J connectivity index is 1.48. The summed E-state index contributed by atoms with van der Waals surface area (Å²) in [5, 5.41) is 10.5. The zero-order valence-electron chi connectivity index (χ0n) is 14.1. The molecule has 2 aliphatic rings. The number of rotatable bonds is 2. The third kappa shape index (κ3) is 3.07. The maximum Gasteiger partial charge on any atom is 0.289 e. The van der Waals surface area contributed by atoms with E-state index in [2.05, 4.69) is 4.90 Å². The molecule has 6 nitrogen and oxygen atoms in total. The number of amides is 1. The highest BCUT2D eigenvalue weighted by atomic mass is 16.3. The molecule has 1 saturated heterocycles. The molecule has 0 unspecified atom stereocenters. The van der Waals surface area contributed by atoms with Gasteiger partial charge in [-0.3, -0.25) is 14.5 Å². The van der Waals surface area contributed by atoms with Crippen LogP contribution in [-0.2, 0) is 0 Å². The Morgan fingerprint density at radius 3 is 2.60 bits per heavy atom. The van der Waals surface area contributed by atoms with Crippen LogP contribution in [0.4, 0.5) is 0 Å². The molecule has 1 aromatic carbocycles. The molecule has 6 heteroatoms. The maximum absolute atomic E-state index is 12.7. The summed E-state index contributed by atoms with van der Waals surface area (Å²) in [5.74, 6) is -0.146. The highest BCUT2D eigenvalue weighted by Crippen LogP contribution is 2.25.